The van der Waals surface area contributed by atoms with Crippen molar-refractivity contribution >= 4 is 51.9 Å². The van der Waals surface area contributed by atoms with Gasteiger partial charge in [0.1, 0.15) is 0 Å². The number of carbonyl (C=O) groups is 3. The van der Waals surface area contributed by atoms with Crippen LogP contribution in [0.15, 0.2) is 72.9 Å². The molecule has 39 heavy (non-hydrogen) atoms. The summed E-state index contributed by atoms with van der Waals surface area (Å²) in [6.45, 7) is 0.541. The molecular weight excluding hydrogens is 541 g/mol. The van der Waals surface area contributed by atoms with Crippen LogP contribution in [-0.2, 0) is 14.3 Å². The molecule has 0 bridgehead atoms. The number of carboxylic acid groups (broad SMARTS) is 1. The number of aromatic amines is 1. The van der Waals surface area contributed by atoms with E-state index in [1.54, 1.807) is 72.9 Å². The first-order valence-electron chi connectivity index (χ1n) is 12.2. The number of amides is 2. The number of carbonyl (C=O) groups excluding carboxylic acids is 2. The Morgan fingerprint density at radius 3 is 2.49 bits per heavy atom. The molecule has 3 N–H and O–H groups in total. The molecule has 0 saturated carbocycles. The second kappa shape index (κ2) is 11.1. The molecule has 4 aromatic rings. The highest BCUT2D eigenvalue weighted by molar-refractivity contribution is 6.31. The monoisotopic (exact) mass is 565 g/mol. The summed E-state index contributed by atoms with van der Waals surface area (Å²) < 4.78 is 5.11. The molecule has 1 aliphatic rings. The number of ether oxygens (including phenoxy) is 1. The molecule has 8 nitrogen and oxygen atoms in total. The number of H-pyrrole nitrogens is 1. The second-order valence-electron chi connectivity index (χ2n) is 9.23. The highest BCUT2D eigenvalue weighted by Crippen LogP contribution is 2.48. The van der Waals surface area contributed by atoms with E-state index in [0.717, 1.165) is 5.39 Å². The van der Waals surface area contributed by atoms with E-state index in [1.165, 1.54) is 12.0 Å². The molecule has 3 atom stereocenters. The Morgan fingerprint density at radius 1 is 1.05 bits per heavy atom. The Morgan fingerprint density at radius 2 is 1.77 bits per heavy atom. The molecule has 1 aromatic heterocycles. The number of carboxylic acids is 1. The number of aromatic nitrogens is 1. The van der Waals surface area contributed by atoms with Crippen LogP contribution in [0.4, 0.5) is 0 Å². The average molecular weight is 566 g/mol. The van der Waals surface area contributed by atoms with E-state index in [0.29, 0.717) is 38.9 Å². The summed E-state index contributed by atoms with van der Waals surface area (Å²) >= 11 is 12.3. The van der Waals surface area contributed by atoms with Crippen molar-refractivity contribution in [3.63, 3.8) is 0 Å². The maximum Gasteiger partial charge on any atom is 0.331 e. The molecule has 3 aromatic carbocycles. The number of methoxy groups -OCH3 is 1. The van der Waals surface area contributed by atoms with E-state index >= 15 is 0 Å². The zero-order valence-electron chi connectivity index (χ0n) is 20.9. The number of hydrogen-bond acceptors (Lipinski definition) is 4. The van der Waals surface area contributed by atoms with Crippen molar-refractivity contribution in [1.82, 2.24) is 15.2 Å². The standard InChI is InChI=1S/C29H25Cl2N3O5/c1-39-13-12-32-27(35)24-20-4-2-3-5-21(20)28(36)34(25(29(37)38)16-6-8-17(30)9-7-16)26(24)22-15-33-23-14-18(31)10-11-19(22)23/h2-11,14-15,24-26,33H,12-13H2,1H3,(H,32,35)(H,37,38). The molecule has 0 aliphatic carbocycles. The lowest BCUT2D eigenvalue weighted by atomic mass is 9.77. The van der Waals surface area contributed by atoms with E-state index in [1.807, 2.05) is 0 Å². The molecule has 10 heteroatoms. The van der Waals surface area contributed by atoms with Crippen molar-refractivity contribution < 1.29 is 24.2 Å². The van der Waals surface area contributed by atoms with Crippen molar-refractivity contribution in [2.75, 3.05) is 20.3 Å². The van der Waals surface area contributed by atoms with Gasteiger partial charge in [-0.2, -0.15) is 0 Å². The number of nitrogens with zero attached hydrogens (tertiary/aromatic N) is 1. The topological polar surface area (TPSA) is 112 Å². The lowest BCUT2D eigenvalue weighted by Crippen LogP contribution is -2.50. The van der Waals surface area contributed by atoms with Gasteiger partial charge in [0, 0.05) is 51.9 Å². The van der Waals surface area contributed by atoms with Gasteiger partial charge in [-0.1, -0.05) is 59.6 Å². The lowest BCUT2D eigenvalue weighted by molar-refractivity contribution is -0.144. The van der Waals surface area contributed by atoms with Crippen LogP contribution in [0, 0.1) is 0 Å². The van der Waals surface area contributed by atoms with Crippen LogP contribution in [0.2, 0.25) is 10.0 Å². The van der Waals surface area contributed by atoms with E-state index in [2.05, 4.69) is 10.3 Å². The van der Waals surface area contributed by atoms with Crippen molar-refractivity contribution in [2.45, 2.75) is 18.0 Å². The first kappa shape index (κ1) is 26.7. The van der Waals surface area contributed by atoms with Crippen LogP contribution in [0.5, 0.6) is 0 Å². The second-order valence-corrected chi connectivity index (χ2v) is 10.1. The molecule has 0 fully saturated rings. The largest absolute Gasteiger partial charge is 0.479 e. The Bertz CT molecular complexity index is 1550. The van der Waals surface area contributed by atoms with Crippen molar-refractivity contribution in [3.8, 4) is 0 Å². The SMILES string of the molecule is COCCNC(=O)C1c2ccccc2C(=O)N(C(C(=O)O)c2ccc(Cl)cc2)C1c1c[nH]c2cc(Cl)ccc12. The number of fused-ring (bicyclic) bond motifs is 2. The minimum absolute atomic E-state index is 0.248. The van der Waals surface area contributed by atoms with Crippen LogP contribution in [0.3, 0.4) is 0 Å². The fourth-order valence-electron chi connectivity index (χ4n) is 5.27. The van der Waals surface area contributed by atoms with Crippen molar-refractivity contribution in [2.24, 2.45) is 0 Å². The molecule has 0 radical (unpaired) electrons. The normalized spacial score (nSPS) is 17.6. The van der Waals surface area contributed by atoms with E-state index < -0.39 is 29.9 Å². The Balaban J connectivity index is 1.77. The molecule has 1 aliphatic heterocycles. The minimum atomic E-state index is -1.40. The number of benzene rings is 3. The van der Waals surface area contributed by atoms with Gasteiger partial charge in [-0.15, -0.1) is 0 Å². The fourth-order valence-corrected chi connectivity index (χ4v) is 5.57. The van der Waals surface area contributed by atoms with E-state index in [-0.39, 0.29) is 18.0 Å². The predicted molar refractivity (Wildman–Crippen MR) is 148 cm³/mol. The third-order valence-electron chi connectivity index (χ3n) is 6.96. The average Bonchev–Trinajstić information content (AvgIpc) is 3.33. The molecule has 200 valence electrons. The summed E-state index contributed by atoms with van der Waals surface area (Å²) in [6.07, 6.45) is 1.70. The summed E-state index contributed by atoms with van der Waals surface area (Å²) in [7, 11) is 1.53. The van der Waals surface area contributed by atoms with Gasteiger partial charge in [0.15, 0.2) is 6.04 Å². The van der Waals surface area contributed by atoms with Crippen LogP contribution in [-0.4, -0.2) is 53.0 Å². The minimum Gasteiger partial charge on any atom is -0.479 e. The van der Waals surface area contributed by atoms with E-state index in [4.69, 9.17) is 27.9 Å². The summed E-state index contributed by atoms with van der Waals surface area (Å²) in [5, 5.41) is 15.1. The summed E-state index contributed by atoms with van der Waals surface area (Å²) in [4.78, 5) is 45.4. The molecule has 2 heterocycles. The molecule has 0 saturated heterocycles. The summed E-state index contributed by atoms with van der Waals surface area (Å²) in [5.74, 6) is -3.01. The van der Waals surface area contributed by atoms with Gasteiger partial charge in [0.25, 0.3) is 5.91 Å². The Kier molecular flexibility index (Phi) is 7.61. The Labute approximate surface area is 234 Å². The zero-order valence-corrected chi connectivity index (χ0v) is 22.4. The molecule has 0 spiro atoms. The summed E-state index contributed by atoms with van der Waals surface area (Å²) in [5.41, 5.74) is 2.43. The van der Waals surface area contributed by atoms with Gasteiger partial charge < -0.3 is 25.0 Å². The maximum atomic E-state index is 14.2. The number of halogens is 2. The predicted octanol–water partition coefficient (Wildman–Crippen LogP) is 5.34. The number of aliphatic carboxylic acids is 1. The smallest absolute Gasteiger partial charge is 0.331 e. The van der Waals surface area contributed by atoms with Gasteiger partial charge in [-0.05, 0) is 41.5 Å². The highest BCUT2D eigenvalue weighted by Gasteiger charge is 2.49. The van der Waals surface area contributed by atoms with Crippen molar-refractivity contribution in [1.29, 1.82) is 0 Å². The van der Waals surface area contributed by atoms with Gasteiger partial charge >= 0.3 is 5.97 Å². The highest BCUT2D eigenvalue weighted by atomic mass is 35.5. The third-order valence-corrected chi connectivity index (χ3v) is 7.44. The van der Waals surface area contributed by atoms with Crippen LogP contribution in [0.1, 0.15) is 45.0 Å². The van der Waals surface area contributed by atoms with Crippen LogP contribution in [0.25, 0.3) is 10.9 Å². The van der Waals surface area contributed by atoms with Gasteiger partial charge in [0.2, 0.25) is 5.91 Å². The molecule has 2 amide bonds. The quantitative estimate of drug-likeness (QED) is 0.249. The van der Waals surface area contributed by atoms with Crippen LogP contribution >= 0.6 is 23.2 Å². The lowest BCUT2D eigenvalue weighted by Gasteiger charge is -2.44. The van der Waals surface area contributed by atoms with Gasteiger partial charge in [-0.25, -0.2) is 4.79 Å². The number of nitrogens with one attached hydrogen (secondary N) is 2. The molecule has 3 unspecified atom stereocenters. The first-order chi connectivity index (χ1) is 18.8. The van der Waals surface area contributed by atoms with Gasteiger partial charge in [-0.3, -0.25) is 9.59 Å². The Hall–Kier alpha value is -3.85. The van der Waals surface area contributed by atoms with Crippen molar-refractivity contribution in [3.05, 3.63) is 105 Å². The van der Waals surface area contributed by atoms with Gasteiger partial charge in [0.05, 0.1) is 18.6 Å². The number of hydrogen-bond donors (Lipinski definition) is 3. The molecular formula is C29H25Cl2N3O5. The summed E-state index contributed by atoms with van der Waals surface area (Å²) in [6, 6.07) is 16.0. The zero-order chi connectivity index (χ0) is 27.7. The maximum absolute atomic E-state index is 14.2. The molecule has 5 rings (SSSR count). The number of rotatable bonds is 8. The fraction of sp³-hybridized carbons (Fsp3) is 0.207. The third kappa shape index (κ3) is 4.98. The van der Waals surface area contributed by atoms with E-state index in [9.17, 15) is 19.5 Å². The van der Waals surface area contributed by atoms with Crippen LogP contribution < -0.4 is 5.32 Å². The first-order valence-corrected chi connectivity index (χ1v) is 13.0.